The highest BCUT2D eigenvalue weighted by molar-refractivity contribution is 7.10. The minimum absolute atomic E-state index is 0.345. The van der Waals surface area contributed by atoms with Crippen molar-refractivity contribution in [3.05, 3.63) is 130 Å². The van der Waals surface area contributed by atoms with Crippen LogP contribution in [0.25, 0.3) is 16.9 Å². The summed E-state index contributed by atoms with van der Waals surface area (Å²) in [5, 5.41) is 8.15. The molecule has 184 valence electrons. The lowest BCUT2D eigenvalue weighted by Crippen LogP contribution is -2.31. The van der Waals surface area contributed by atoms with E-state index in [4.69, 9.17) is 39.8 Å². The van der Waals surface area contributed by atoms with Crippen molar-refractivity contribution in [3.63, 3.8) is 0 Å². The number of fused-ring (bicyclic) bond motifs is 1. The quantitative estimate of drug-likeness (QED) is 0.277. The molecule has 1 unspecified atom stereocenters. The molecule has 6 nitrogen and oxygen atoms in total. The maximum absolute atomic E-state index is 12.4. The third-order valence-corrected chi connectivity index (χ3v) is 8.61. The normalized spacial score (nSPS) is 16.6. The zero-order chi connectivity index (χ0) is 25.7. The van der Waals surface area contributed by atoms with Crippen LogP contribution < -0.4 is 11.2 Å². The van der Waals surface area contributed by atoms with Crippen LogP contribution >= 0.6 is 46.1 Å². The molecule has 1 aliphatic carbocycles. The first-order chi connectivity index (χ1) is 17.9. The van der Waals surface area contributed by atoms with Gasteiger partial charge in [0.1, 0.15) is 11.2 Å². The summed E-state index contributed by atoms with van der Waals surface area (Å²) in [6, 6.07) is 19.1. The largest absolute Gasteiger partial charge is 0.349 e. The topological polar surface area (TPSA) is 80.6 Å². The van der Waals surface area contributed by atoms with E-state index in [9.17, 15) is 9.59 Å². The lowest BCUT2D eigenvalue weighted by atomic mass is 9.75. The Hall–Kier alpha value is -3.23. The summed E-state index contributed by atoms with van der Waals surface area (Å²) < 4.78 is 1.05. The number of aryl methyl sites for hydroxylation is 1. The van der Waals surface area contributed by atoms with Crippen LogP contribution in [0.4, 0.5) is 0 Å². The molecule has 0 radical (unpaired) electrons. The Morgan fingerprint density at radius 1 is 0.946 bits per heavy atom. The average molecular weight is 568 g/mol. The summed E-state index contributed by atoms with van der Waals surface area (Å²) in [6.45, 7) is 0. The zero-order valence-corrected chi connectivity index (χ0v) is 22.1. The van der Waals surface area contributed by atoms with Gasteiger partial charge >= 0.3 is 5.69 Å². The molecule has 0 amide bonds. The fourth-order valence-corrected chi connectivity index (χ4v) is 7.19. The molecule has 3 aromatic carbocycles. The Bertz CT molecular complexity index is 1770. The Labute approximate surface area is 230 Å². The van der Waals surface area contributed by atoms with Crippen molar-refractivity contribution in [2.24, 2.45) is 0 Å². The minimum Gasteiger partial charge on any atom is -0.271 e. The second-order valence-corrected chi connectivity index (χ2v) is 10.8. The highest BCUT2D eigenvalue weighted by Gasteiger charge is 2.47. The fourth-order valence-electron chi connectivity index (χ4n) is 5.09. The maximum Gasteiger partial charge on any atom is 0.349 e. The van der Waals surface area contributed by atoms with E-state index in [1.807, 2.05) is 41.8 Å². The highest BCUT2D eigenvalue weighted by Crippen LogP contribution is 2.54. The van der Waals surface area contributed by atoms with Gasteiger partial charge in [-0.3, -0.25) is 9.78 Å². The van der Waals surface area contributed by atoms with Gasteiger partial charge in [0.15, 0.2) is 0 Å². The van der Waals surface area contributed by atoms with Crippen molar-refractivity contribution in [1.29, 1.82) is 0 Å². The van der Waals surface area contributed by atoms with E-state index in [0.717, 1.165) is 45.5 Å². The van der Waals surface area contributed by atoms with Crippen molar-refractivity contribution in [3.8, 4) is 16.9 Å². The molecule has 0 aliphatic heterocycles. The van der Waals surface area contributed by atoms with E-state index >= 15 is 0 Å². The molecule has 1 aliphatic rings. The summed E-state index contributed by atoms with van der Waals surface area (Å²) in [6.07, 6.45) is 2.57. The van der Waals surface area contributed by atoms with E-state index in [1.165, 1.54) is 16.9 Å². The van der Waals surface area contributed by atoms with Crippen molar-refractivity contribution in [2.75, 3.05) is 0 Å². The third kappa shape index (κ3) is 3.94. The molecule has 0 spiro atoms. The first-order valence-corrected chi connectivity index (χ1v) is 13.4. The minimum atomic E-state index is -0.698. The van der Waals surface area contributed by atoms with E-state index in [2.05, 4.69) is 22.2 Å². The number of hydrogen-bond donors (Lipinski definition) is 1. The van der Waals surface area contributed by atoms with Crippen LogP contribution in [0.2, 0.25) is 15.1 Å². The second-order valence-electron chi connectivity index (χ2n) is 8.72. The van der Waals surface area contributed by atoms with Crippen LogP contribution in [0, 0.1) is 0 Å². The van der Waals surface area contributed by atoms with Crippen molar-refractivity contribution in [2.45, 2.75) is 18.3 Å². The molecule has 37 heavy (non-hydrogen) atoms. The number of rotatable bonds is 4. The molecular formula is C27H17Cl3N4O2S. The van der Waals surface area contributed by atoms with E-state index < -0.39 is 16.7 Å². The average Bonchev–Trinajstić information content (AvgIpc) is 3.50. The zero-order valence-electron chi connectivity index (χ0n) is 19.0. The van der Waals surface area contributed by atoms with Crippen LogP contribution in [-0.2, 0) is 11.8 Å². The van der Waals surface area contributed by atoms with Gasteiger partial charge in [-0.1, -0.05) is 77.3 Å². The molecule has 1 N–H and O–H groups in total. The van der Waals surface area contributed by atoms with Gasteiger partial charge in [-0.25, -0.2) is 9.78 Å². The standard InChI is InChI=1S/C27H17Cl3N4O2S/c28-19-8-4-2-6-17(19)22-14-37-25(32-22)27(10-9-15-5-1-3-7-18(15)27)24-20(29)11-16(12-21(24)30)34-26(36)33-23(35)13-31-34/h1-8,11-14H,9-10H2,(H,33,35,36). The molecule has 0 saturated heterocycles. The molecule has 10 heteroatoms. The molecule has 0 fully saturated rings. The Morgan fingerprint density at radius 2 is 1.68 bits per heavy atom. The summed E-state index contributed by atoms with van der Waals surface area (Å²) in [5.41, 5.74) is 3.01. The third-order valence-electron chi connectivity index (χ3n) is 6.68. The monoisotopic (exact) mass is 566 g/mol. The predicted octanol–water partition coefficient (Wildman–Crippen LogP) is 6.29. The Balaban J connectivity index is 1.58. The second kappa shape index (κ2) is 9.26. The van der Waals surface area contributed by atoms with Crippen LogP contribution in [0.5, 0.6) is 0 Å². The van der Waals surface area contributed by atoms with Crippen molar-refractivity contribution >= 4 is 46.1 Å². The number of aromatic nitrogens is 4. The number of nitrogens with zero attached hydrogens (tertiary/aromatic N) is 3. The van der Waals surface area contributed by atoms with Crippen molar-refractivity contribution in [1.82, 2.24) is 19.7 Å². The number of hydrogen-bond acceptors (Lipinski definition) is 5. The van der Waals surface area contributed by atoms with Gasteiger partial charge in [-0.15, -0.1) is 11.3 Å². The van der Waals surface area contributed by atoms with Crippen molar-refractivity contribution < 1.29 is 0 Å². The van der Waals surface area contributed by atoms with Gasteiger partial charge in [0.25, 0.3) is 5.56 Å². The van der Waals surface area contributed by atoms with E-state index in [-0.39, 0.29) is 0 Å². The number of aromatic amines is 1. The molecule has 0 saturated carbocycles. The van der Waals surface area contributed by atoms with E-state index in [0.29, 0.717) is 26.3 Å². The van der Waals surface area contributed by atoms with Gasteiger partial charge < -0.3 is 0 Å². The first-order valence-electron chi connectivity index (χ1n) is 11.4. The highest BCUT2D eigenvalue weighted by atomic mass is 35.5. The fraction of sp³-hybridized carbons (Fsp3) is 0.111. The van der Waals surface area contributed by atoms with Crippen LogP contribution in [0.1, 0.15) is 28.1 Å². The molecule has 2 aromatic heterocycles. The number of nitrogens with one attached hydrogen (secondary N) is 1. The van der Waals surface area contributed by atoms with Crippen LogP contribution in [-0.4, -0.2) is 19.7 Å². The summed E-state index contributed by atoms with van der Waals surface area (Å²) >= 11 is 21.9. The number of thiazole rings is 1. The molecule has 6 rings (SSSR count). The van der Waals surface area contributed by atoms with Gasteiger partial charge in [0, 0.05) is 31.6 Å². The van der Waals surface area contributed by atoms with Crippen LogP contribution in [0.3, 0.4) is 0 Å². The predicted molar refractivity (Wildman–Crippen MR) is 148 cm³/mol. The van der Waals surface area contributed by atoms with E-state index in [1.54, 1.807) is 12.1 Å². The van der Waals surface area contributed by atoms with Crippen LogP contribution in [0.15, 0.2) is 81.8 Å². The Kier molecular flexibility index (Phi) is 6.04. The smallest absolute Gasteiger partial charge is 0.271 e. The molecular weight excluding hydrogens is 551 g/mol. The van der Waals surface area contributed by atoms with Gasteiger partial charge in [-0.2, -0.15) is 9.78 Å². The first kappa shape index (κ1) is 24.1. The number of H-pyrrole nitrogens is 1. The summed E-state index contributed by atoms with van der Waals surface area (Å²) in [5.74, 6) is 0. The molecule has 5 aromatic rings. The summed E-state index contributed by atoms with van der Waals surface area (Å²) in [4.78, 5) is 31.1. The summed E-state index contributed by atoms with van der Waals surface area (Å²) in [7, 11) is 0. The number of benzene rings is 3. The molecule has 0 bridgehead atoms. The lowest BCUT2D eigenvalue weighted by Gasteiger charge is -2.31. The molecule has 1 atom stereocenters. The van der Waals surface area contributed by atoms with Gasteiger partial charge in [-0.05, 0) is 42.2 Å². The Morgan fingerprint density at radius 3 is 2.43 bits per heavy atom. The van der Waals surface area contributed by atoms with Gasteiger partial charge in [0.2, 0.25) is 0 Å². The number of halogens is 3. The maximum atomic E-state index is 12.4. The molecule has 2 heterocycles. The van der Waals surface area contributed by atoms with Gasteiger partial charge in [0.05, 0.1) is 16.8 Å². The SMILES string of the molecule is O=c1cnn(-c2cc(Cl)c(C3(c4nc(-c5ccccc5Cl)cs4)CCc4ccccc43)c(Cl)c2)c(=O)[nH]1. The lowest BCUT2D eigenvalue weighted by molar-refractivity contribution is 0.606.